The van der Waals surface area contributed by atoms with Gasteiger partial charge in [0.25, 0.3) is 5.69 Å². The van der Waals surface area contributed by atoms with Gasteiger partial charge >= 0.3 is 5.97 Å². The van der Waals surface area contributed by atoms with Crippen molar-refractivity contribution in [3.05, 3.63) is 39.7 Å². The fourth-order valence-corrected chi connectivity index (χ4v) is 2.41. The summed E-state index contributed by atoms with van der Waals surface area (Å²) >= 11 is 0. The van der Waals surface area contributed by atoms with Gasteiger partial charge in [0.15, 0.2) is 0 Å². The number of ether oxygens (including phenoxy) is 1. The van der Waals surface area contributed by atoms with Crippen LogP contribution < -0.4 is 0 Å². The van der Waals surface area contributed by atoms with Crippen LogP contribution in [0.25, 0.3) is 0 Å². The molecule has 0 radical (unpaired) electrons. The van der Waals surface area contributed by atoms with E-state index in [1.54, 1.807) is 0 Å². The van der Waals surface area contributed by atoms with Crippen LogP contribution in [0.5, 0.6) is 0 Å². The molecule has 0 saturated heterocycles. The third kappa shape index (κ3) is 3.53. The highest BCUT2D eigenvalue weighted by Gasteiger charge is 2.25. The number of nitro benzene ring substituents is 1. The summed E-state index contributed by atoms with van der Waals surface area (Å²) < 4.78 is 18.5. The molecule has 0 heterocycles. The van der Waals surface area contributed by atoms with Crippen molar-refractivity contribution in [1.29, 1.82) is 0 Å². The van der Waals surface area contributed by atoms with E-state index in [1.165, 1.54) is 0 Å². The highest BCUT2D eigenvalue weighted by Crippen LogP contribution is 2.24. The van der Waals surface area contributed by atoms with Gasteiger partial charge in [0.1, 0.15) is 17.5 Å². The zero-order valence-corrected chi connectivity index (χ0v) is 11.0. The summed E-state index contributed by atoms with van der Waals surface area (Å²) in [5.74, 6) is -1.51. The van der Waals surface area contributed by atoms with Gasteiger partial charge in [0.2, 0.25) is 0 Å². The molecule has 2 rings (SSSR count). The Morgan fingerprint density at radius 2 is 1.90 bits per heavy atom. The summed E-state index contributed by atoms with van der Waals surface area (Å²) in [6.07, 6.45) is 5.45. The first-order chi connectivity index (χ1) is 9.58. The van der Waals surface area contributed by atoms with E-state index in [0.717, 1.165) is 56.7 Å². The molecule has 1 aliphatic rings. The number of halogens is 1. The summed E-state index contributed by atoms with van der Waals surface area (Å²) in [5, 5.41) is 10.9. The van der Waals surface area contributed by atoms with Crippen molar-refractivity contribution in [3.63, 3.8) is 0 Å². The Morgan fingerprint density at radius 3 is 2.50 bits per heavy atom. The summed E-state index contributed by atoms with van der Waals surface area (Å²) in [5.41, 5.74) is -0.746. The minimum absolute atomic E-state index is 0.229. The molecule has 1 aromatic rings. The van der Waals surface area contributed by atoms with E-state index in [2.05, 4.69) is 0 Å². The second-order valence-corrected chi connectivity index (χ2v) is 4.94. The van der Waals surface area contributed by atoms with Gasteiger partial charge in [-0.2, -0.15) is 0 Å². The molecule has 0 aliphatic heterocycles. The van der Waals surface area contributed by atoms with Crippen LogP contribution >= 0.6 is 0 Å². The lowest BCUT2D eigenvalue weighted by Crippen LogP contribution is -2.18. The SMILES string of the molecule is O=C(OC1CCCCCC1)c1cc(F)ccc1[N+](=O)[O-]. The van der Waals surface area contributed by atoms with E-state index in [-0.39, 0.29) is 11.7 Å². The summed E-state index contributed by atoms with van der Waals surface area (Å²) in [4.78, 5) is 22.2. The molecule has 0 aromatic heterocycles. The molecule has 108 valence electrons. The molecular weight excluding hydrogens is 265 g/mol. The third-order valence-electron chi connectivity index (χ3n) is 3.45. The Labute approximate surface area is 115 Å². The fourth-order valence-electron chi connectivity index (χ4n) is 2.41. The number of nitro groups is 1. The van der Waals surface area contributed by atoms with Crippen LogP contribution in [0.1, 0.15) is 48.9 Å². The predicted octanol–water partition coefficient (Wildman–Crippen LogP) is 3.61. The van der Waals surface area contributed by atoms with Crippen molar-refractivity contribution in [1.82, 2.24) is 0 Å². The van der Waals surface area contributed by atoms with Gasteiger partial charge in [0, 0.05) is 6.07 Å². The minimum atomic E-state index is -0.817. The largest absolute Gasteiger partial charge is 0.459 e. The number of hydrogen-bond acceptors (Lipinski definition) is 4. The average molecular weight is 281 g/mol. The predicted molar refractivity (Wildman–Crippen MR) is 70.0 cm³/mol. The lowest BCUT2D eigenvalue weighted by molar-refractivity contribution is -0.385. The average Bonchev–Trinajstić information content (AvgIpc) is 2.66. The van der Waals surface area contributed by atoms with E-state index in [4.69, 9.17) is 4.74 Å². The standard InChI is InChI=1S/C14H16FNO4/c15-10-7-8-13(16(18)19)12(9-10)14(17)20-11-5-3-1-2-4-6-11/h7-9,11H,1-6H2. The van der Waals surface area contributed by atoms with Crippen LogP contribution in [-0.4, -0.2) is 17.0 Å². The molecule has 1 aromatic carbocycles. The lowest BCUT2D eigenvalue weighted by atomic mass is 10.1. The first kappa shape index (κ1) is 14.4. The van der Waals surface area contributed by atoms with Gasteiger partial charge in [0.05, 0.1) is 4.92 Å². The van der Waals surface area contributed by atoms with Gasteiger partial charge < -0.3 is 4.74 Å². The van der Waals surface area contributed by atoms with Crippen molar-refractivity contribution in [2.75, 3.05) is 0 Å². The molecule has 0 amide bonds. The summed E-state index contributed by atoms with van der Waals surface area (Å²) in [7, 11) is 0. The molecule has 0 atom stereocenters. The van der Waals surface area contributed by atoms with Crippen molar-refractivity contribution >= 4 is 11.7 Å². The normalized spacial score (nSPS) is 16.4. The van der Waals surface area contributed by atoms with E-state index in [1.807, 2.05) is 0 Å². The van der Waals surface area contributed by atoms with E-state index in [0.29, 0.717) is 0 Å². The van der Waals surface area contributed by atoms with Gasteiger partial charge in [-0.25, -0.2) is 9.18 Å². The number of carbonyl (C=O) groups excluding carboxylic acids is 1. The monoisotopic (exact) mass is 281 g/mol. The molecule has 1 fully saturated rings. The van der Waals surface area contributed by atoms with Crippen LogP contribution in [0.2, 0.25) is 0 Å². The Bertz CT molecular complexity index is 510. The first-order valence-electron chi connectivity index (χ1n) is 6.73. The number of nitrogens with zero attached hydrogens (tertiary/aromatic N) is 1. The van der Waals surface area contributed by atoms with Crippen molar-refractivity contribution < 1.29 is 18.8 Å². The van der Waals surface area contributed by atoms with Crippen LogP contribution in [0, 0.1) is 15.9 Å². The quantitative estimate of drug-likeness (QED) is 0.367. The maximum Gasteiger partial charge on any atom is 0.345 e. The van der Waals surface area contributed by atoms with Gasteiger partial charge in [-0.15, -0.1) is 0 Å². The Hall–Kier alpha value is -1.98. The smallest absolute Gasteiger partial charge is 0.345 e. The number of rotatable bonds is 3. The number of benzene rings is 1. The van der Waals surface area contributed by atoms with E-state index < -0.39 is 22.4 Å². The maximum absolute atomic E-state index is 13.2. The molecule has 6 heteroatoms. The Morgan fingerprint density at radius 1 is 1.25 bits per heavy atom. The summed E-state index contributed by atoms with van der Waals surface area (Å²) in [6.45, 7) is 0. The van der Waals surface area contributed by atoms with E-state index >= 15 is 0 Å². The Balaban J connectivity index is 2.15. The molecule has 1 saturated carbocycles. The number of esters is 1. The minimum Gasteiger partial charge on any atom is -0.459 e. The Kier molecular flexibility index (Phi) is 4.65. The van der Waals surface area contributed by atoms with Crippen LogP contribution in [0.15, 0.2) is 18.2 Å². The van der Waals surface area contributed by atoms with E-state index in [9.17, 15) is 19.3 Å². The van der Waals surface area contributed by atoms with Crippen LogP contribution in [-0.2, 0) is 4.74 Å². The molecule has 20 heavy (non-hydrogen) atoms. The van der Waals surface area contributed by atoms with Crippen LogP contribution in [0.4, 0.5) is 10.1 Å². The van der Waals surface area contributed by atoms with Crippen molar-refractivity contribution in [2.24, 2.45) is 0 Å². The third-order valence-corrected chi connectivity index (χ3v) is 3.45. The molecule has 1 aliphatic carbocycles. The number of carbonyl (C=O) groups is 1. The topological polar surface area (TPSA) is 69.4 Å². The highest BCUT2D eigenvalue weighted by molar-refractivity contribution is 5.94. The summed E-state index contributed by atoms with van der Waals surface area (Å²) in [6, 6.07) is 2.80. The van der Waals surface area contributed by atoms with Crippen LogP contribution in [0.3, 0.4) is 0 Å². The van der Waals surface area contributed by atoms with Crippen molar-refractivity contribution in [3.8, 4) is 0 Å². The molecule has 0 N–H and O–H groups in total. The second kappa shape index (κ2) is 6.45. The fraction of sp³-hybridized carbons (Fsp3) is 0.500. The zero-order chi connectivity index (χ0) is 14.5. The van der Waals surface area contributed by atoms with Gasteiger partial charge in [-0.05, 0) is 37.8 Å². The van der Waals surface area contributed by atoms with Gasteiger partial charge in [-0.1, -0.05) is 12.8 Å². The van der Waals surface area contributed by atoms with Gasteiger partial charge in [-0.3, -0.25) is 10.1 Å². The molecule has 0 unspecified atom stereocenters. The molecule has 0 bridgehead atoms. The molecular formula is C14H16FNO4. The maximum atomic E-state index is 13.2. The first-order valence-corrected chi connectivity index (χ1v) is 6.73. The van der Waals surface area contributed by atoms with Crippen molar-refractivity contribution in [2.45, 2.75) is 44.6 Å². The highest BCUT2D eigenvalue weighted by atomic mass is 19.1. The number of hydrogen-bond donors (Lipinski definition) is 0. The zero-order valence-electron chi connectivity index (χ0n) is 11.0. The molecule has 5 nitrogen and oxygen atoms in total. The molecule has 0 spiro atoms. The lowest BCUT2D eigenvalue weighted by Gasteiger charge is -2.15. The second-order valence-electron chi connectivity index (χ2n) is 4.94.